The van der Waals surface area contributed by atoms with Gasteiger partial charge in [-0.3, -0.25) is 4.79 Å². The maximum atomic E-state index is 13.5. The van der Waals surface area contributed by atoms with Crippen molar-refractivity contribution in [1.82, 2.24) is 0 Å². The number of carbonyl (C=O) groups is 1. The van der Waals surface area contributed by atoms with Gasteiger partial charge in [-0.05, 0) is 36.4 Å². The lowest BCUT2D eigenvalue weighted by molar-refractivity contribution is 0.102. The Bertz CT molecular complexity index is 647. The molecule has 0 saturated carbocycles. The number of anilines is 2. The molecule has 0 unspecified atom stereocenters. The number of nitrogens with two attached hydrogens (primary N) is 1. The van der Waals surface area contributed by atoms with Crippen molar-refractivity contribution in [2.75, 3.05) is 11.1 Å². The summed E-state index contributed by atoms with van der Waals surface area (Å²) >= 11 is 5.80. The summed E-state index contributed by atoms with van der Waals surface area (Å²) in [5.74, 6) is -2.05. The molecule has 0 saturated heterocycles. The molecule has 0 bridgehead atoms. The Morgan fingerprint density at radius 3 is 2.58 bits per heavy atom. The molecular formula is C13H9ClF2N2O. The molecule has 98 valence electrons. The lowest BCUT2D eigenvalue weighted by atomic mass is 10.1. The number of halogens is 3. The van der Waals surface area contributed by atoms with Gasteiger partial charge in [0, 0.05) is 5.69 Å². The summed E-state index contributed by atoms with van der Waals surface area (Å²) in [5.41, 5.74) is 5.46. The van der Waals surface area contributed by atoms with Gasteiger partial charge in [-0.1, -0.05) is 11.6 Å². The van der Waals surface area contributed by atoms with Crippen molar-refractivity contribution in [2.45, 2.75) is 0 Å². The van der Waals surface area contributed by atoms with E-state index in [4.69, 9.17) is 17.3 Å². The Labute approximate surface area is 113 Å². The summed E-state index contributed by atoms with van der Waals surface area (Å²) < 4.78 is 26.6. The summed E-state index contributed by atoms with van der Waals surface area (Å²) in [6.45, 7) is 0. The maximum absolute atomic E-state index is 13.5. The SMILES string of the molecule is Nc1ccc(C(=O)Nc2cc(F)ccc2Cl)c(F)c1. The third-order valence-electron chi connectivity index (χ3n) is 2.41. The quantitative estimate of drug-likeness (QED) is 0.829. The van der Waals surface area contributed by atoms with Crippen LogP contribution in [0.25, 0.3) is 0 Å². The van der Waals surface area contributed by atoms with Gasteiger partial charge in [0.15, 0.2) is 0 Å². The van der Waals surface area contributed by atoms with Crippen molar-refractivity contribution < 1.29 is 13.6 Å². The lowest BCUT2D eigenvalue weighted by Crippen LogP contribution is -2.14. The summed E-state index contributed by atoms with van der Waals surface area (Å²) in [7, 11) is 0. The fraction of sp³-hybridized carbons (Fsp3) is 0. The molecule has 0 aliphatic rings. The second-order valence-electron chi connectivity index (χ2n) is 3.82. The van der Waals surface area contributed by atoms with Crippen molar-refractivity contribution in [3.8, 4) is 0 Å². The number of hydrogen-bond acceptors (Lipinski definition) is 2. The number of nitrogen functional groups attached to an aromatic ring is 1. The van der Waals surface area contributed by atoms with Crippen molar-refractivity contribution in [3.05, 3.63) is 58.6 Å². The number of nitrogens with one attached hydrogen (secondary N) is 1. The van der Waals surface area contributed by atoms with Crippen molar-refractivity contribution >= 4 is 28.9 Å². The van der Waals surface area contributed by atoms with Crippen molar-refractivity contribution in [2.24, 2.45) is 0 Å². The van der Waals surface area contributed by atoms with Crippen molar-refractivity contribution in [1.29, 1.82) is 0 Å². The van der Waals surface area contributed by atoms with E-state index in [0.29, 0.717) is 0 Å². The number of benzene rings is 2. The summed E-state index contributed by atoms with van der Waals surface area (Å²) in [6.07, 6.45) is 0. The molecule has 0 heterocycles. The first-order valence-corrected chi connectivity index (χ1v) is 5.66. The van der Waals surface area contributed by atoms with E-state index < -0.39 is 17.5 Å². The molecule has 3 nitrogen and oxygen atoms in total. The molecule has 0 spiro atoms. The minimum Gasteiger partial charge on any atom is -0.399 e. The molecule has 2 rings (SSSR count). The van der Waals surface area contributed by atoms with Gasteiger partial charge in [-0.15, -0.1) is 0 Å². The van der Waals surface area contributed by atoms with Crippen LogP contribution in [0.4, 0.5) is 20.2 Å². The molecule has 0 radical (unpaired) electrons. The van der Waals surface area contributed by atoms with Crippen LogP contribution in [0.2, 0.25) is 5.02 Å². The molecule has 0 aliphatic carbocycles. The summed E-state index contributed by atoms with van der Waals surface area (Å²) in [5, 5.41) is 2.49. The number of carbonyl (C=O) groups excluding carboxylic acids is 1. The highest BCUT2D eigenvalue weighted by atomic mass is 35.5. The minimum absolute atomic E-state index is 0.0721. The fourth-order valence-corrected chi connectivity index (χ4v) is 1.66. The average Bonchev–Trinajstić information content (AvgIpc) is 2.33. The standard InChI is InChI=1S/C13H9ClF2N2O/c14-10-4-1-7(15)5-12(10)18-13(19)9-3-2-8(17)6-11(9)16/h1-6H,17H2,(H,18,19). The monoisotopic (exact) mass is 282 g/mol. The largest absolute Gasteiger partial charge is 0.399 e. The predicted molar refractivity (Wildman–Crippen MR) is 70.2 cm³/mol. The van der Waals surface area contributed by atoms with E-state index in [9.17, 15) is 13.6 Å². The van der Waals surface area contributed by atoms with Crippen LogP contribution in [0.5, 0.6) is 0 Å². The molecule has 2 aromatic carbocycles. The first-order chi connectivity index (χ1) is 8.97. The predicted octanol–water partition coefficient (Wildman–Crippen LogP) is 3.45. The Morgan fingerprint density at radius 2 is 1.89 bits per heavy atom. The summed E-state index contributed by atoms with van der Waals surface area (Å²) in [4.78, 5) is 11.8. The normalized spacial score (nSPS) is 10.3. The topological polar surface area (TPSA) is 55.1 Å². The average molecular weight is 283 g/mol. The lowest BCUT2D eigenvalue weighted by Gasteiger charge is -2.08. The number of amides is 1. The van der Waals surface area contributed by atoms with Gasteiger partial charge < -0.3 is 11.1 Å². The molecule has 0 atom stereocenters. The van der Waals surface area contributed by atoms with Gasteiger partial charge in [-0.25, -0.2) is 8.78 Å². The maximum Gasteiger partial charge on any atom is 0.258 e. The van der Waals surface area contributed by atoms with Gasteiger partial charge in [-0.2, -0.15) is 0 Å². The molecular weight excluding hydrogens is 274 g/mol. The zero-order valence-electron chi connectivity index (χ0n) is 9.58. The van der Waals surface area contributed by atoms with Crippen LogP contribution in [0.3, 0.4) is 0 Å². The van der Waals surface area contributed by atoms with Crippen LogP contribution in [-0.2, 0) is 0 Å². The third-order valence-corrected chi connectivity index (χ3v) is 2.74. The Balaban J connectivity index is 2.28. The van der Waals surface area contributed by atoms with Crippen molar-refractivity contribution in [3.63, 3.8) is 0 Å². The Kier molecular flexibility index (Phi) is 3.66. The smallest absolute Gasteiger partial charge is 0.258 e. The van der Waals surface area contributed by atoms with Gasteiger partial charge in [0.2, 0.25) is 0 Å². The van der Waals surface area contributed by atoms with Crippen LogP contribution in [0.1, 0.15) is 10.4 Å². The molecule has 19 heavy (non-hydrogen) atoms. The van der Waals surface area contributed by atoms with Gasteiger partial charge >= 0.3 is 0 Å². The Morgan fingerprint density at radius 1 is 1.16 bits per heavy atom. The van der Waals surface area contributed by atoms with E-state index in [0.717, 1.165) is 18.2 Å². The van der Waals surface area contributed by atoms with E-state index in [2.05, 4.69) is 5.32 Å². The molecule has 1 amide bonds. The van der Waals surface area contributed by atoms with Gasteiger partial charge in [0.05, 0.1) is 16.3 Å². The molecule has 0 aliphatic heterocycles. The van der Waals surface area contributed by atoms with Crippen LogP contribution in [0, 0.1) is 11.6 Å². The van der Waals surface area contributed by atoms with Crippen LogP contribution in [-0.4, -0.2) is 5.91 Å². The van der Waals surface area contributed by atoms with E-state index in [1.165, 1.54) is 18.2 Å². The zero-order valence-corrected chi connectivity index (χ0v) is 10.3. The Hall–Kier alpha value is -2.14. The highest BCUT2D eigenvalue weighted by Gasteiger charge is 2.13. The molecule has 3 N–H and O–H groups in total. The number of rotatable bonds is 2. The van der Waals surface area contributed by atoms with E-state index >= 15 is 0 Å². The third kappa shape index (κ3) is 3.00. The van der Waals surface area contributed by atoms with E-state index in [1.54, 1.807) is 0 Å². The molecule has 2 aromatic rings. The van der Waals surface area contributed by atoms with Crippen LogP contribution < -0.4 is 11.1 Å². The van der Waals surface area contributed by atoms with E-state index in [1.807, 2.05) is 0 Å². The number of hydrogen-bond donors (Lipinski definition) is 2. The second kappa shape index (κ2) is 5.24. The minimum atomic E-state index is -0.759. The van der Waals surface area contributed by atoms with Gasteiger partial charge in [0.25, 0.3) is 5.91 Å². The highest BCUT2D eigenvalue weighted by molar-refractivity contribution is 6.33. The molecule has 0 aromatic heterocycles. The summed E-state index contributed by atoms with van der Waals surface area (Å²) in [6, 6.07) is 7.17. The highest BCUT2D eigenvalue weighted by Crippen LogP contribution is 2.23. The van der Waals surface area contributed by atoms with Crippen LogP contribution in [0.15, 0.2) is 36.4 Å². The van der Waals surface area contributed by atoms with Crippen LogP contribution >= 0.6 is 11.6 Å². The fourth-order valence-electron chi connectivity index (χ4n) is 1.50. The zero-order chi connectivity index (χ0) is 14.0. The molecule has 6 heteroatoms. The molecule has 0 fully saturated rings. The van der Waals surface area contributed by atoms with E-state index in [-0.39, 0.29) is 22.0 Å². The first kappa shape index (κ1) is 13.3. The first-order valence-electron chi connectivity index (χ1n) is 5.29. The second-order valence-corrected chi connectivity index (χ2v) is 4.22. The van der Waals surface area contributed by atoms with Gasteiger partial charge in [0.1, 0.15) is 11.6 Å².